The number of fused-ring (bicyclic) bond motifs is 1. The van der Waals surface area contributed by atoms with Crippen LogP contribution < -0.4 is 10.6 Å². The summed E-state index contributed by atoms with van der Waals surface area (Å²) in [5, 5.41) is 5.71. The van der Waals surface area contributed by atoms with Crippen LogP contribution in [0.15, 0.2) is 42.9 Å². The van der Waals surface area contributed by atoms with Crippen LogP contribution in [0, 0.1) is 5.92 Å². The van der Waals surface area contributed by atoms with Gasteiger partial charge in [-0.25, -0.2) is 18.4 Å². The molecule has 0 bridgehead atoms. The third-order valence-electron chi connectivity index (χ3n) is 5.16. The Morgan fingerprint density at radius 2 is 1.93 bits per heavy atom. The van der Waals surface area contributed by atoms with E-state index >= 15 is 0 Å². The van der Waals surface area contributed by atoms with E-state index in [2.05, 4.69) is 30.6 Å². The van der Waals surface area contributed by atoms with Crippen molar-refractivity contribution in [1.29, 1.82) is 0 Å². The second kappa shape index (κ2) is 8.24. The summed E-state index contributed by atoms with van der Waals surface area (Å²) < 4.78 is 26.5. The normalized spacial score (nSPS) is 16.9. The highest BCUT2D eigenvalue weighted by atomic mass is 32.2. The molecule has 1 saturated heterocycles. The fourth-order valence-corrected chi connectivity index (χ4v) is 5.53. The molecule has 3 heterocycles. The number of sulfone groups is 1. The van der Waals surface area contributed by atoms with E-state index in [9.17, 15) is 8.42 Å². The molecule has 1 aliphatic heterocycles. The number of aryl methyl sites for hydroxylation is 1. The van der Waals surface area contributed by atoms with Gasteiger partial charge in [0.1, 0.15) is 10.9 Å². The van der Waals surface area contributed by atoms with Crippen LogP contribution in [0.25, 0.3) is 11.2 Å². The van der Waals surface area contributed by atoms with Gasteiger partial charge in [0.25, 0.3) is 0 Å². The fourth-order valence-electron chi connectivity index (χ4n) is 3.62. The van der Waals surface area contributed by atoms with E-state index in [-0.39, 0.29) is 11.7 Å². The Bertz CT molecular complexity index is 1020. The van der Waals surface area contributed by atoms with Gasteiger partial charge in [-0.2, -0.15) is 4.98 Å². The van der Waals surface area contributed by atoms with Gasteiger partial charge >= 0.3 is 0 Å². The van der Waals surface area contributed by atoms with Crippen molar-refractivity contribution in [3.63, 3.8) is 0 Å². The van der Waals surface area contributed by atoms with Crippen LogP contribution in [0.5, 0.6) is 0 Å². The van der Waals surface area contributed by atoms with Gasteiger partial charge in [0.2, 0.25) is 5.95 Å². The van der Waals surface area contributed by atoms with Crippen molar-refractivity contribution in [3.8, 4) is 0 Å². The quantitative estimate of drug-likeness (QED) is 0.554. The number of nitrogens with one attached hydrogen (secondary N) is 3. The van der Waals surface area contributed by atoms with Gasteiger partial charge in [-0.1, -0.05) is 30.3 Å². The Hall–Kier alpha value is -2.52. The van der Waals surface area contributed by atoms with Gasteiger partial charge in [-0.3, -0.25) is 0 Å². The predicted octanol–water partition coefficient (Wildman–Crippen LogP) is 1.75. The summed E-state index contributed by atoms with van der Waals surface area (Å²) in [5.74, 6) is 0.414. The minimum atomic E-state index is -3.40. The van der Waals surface area contributed by atoms with Crippen LogP contribution in [0.4, 0.5) is 5.95 Å². The van der Waals surface area contributed by atoms with E-state index in [0.29, 0.717) is 23.5 Å². The number of rotatable bonds is 7. The molecule has 3 aromatic rings. The van der Waals surface area contributed by atoms with Crippen molar-refractivity contribution in [2.75, 3.05) is 24.2 Å². The Labute approximate surface area is 164 Å². The van der Waals surface area contributed by atoms with Gasteiger partial charge in [-0.05, 0) is 43.8 Å². The van der Waals surface area contributed by atoms with Gasteiger partial charge < -0.3 is 15.6 Å². The van der Waals surface area contributed by atoms with E-state index in [4.69, 9.17) is 0 Å². The number of benzene rings is 1. The number of hydrogen-bond donors (Lipinski definition) is 3. The number of imidazole rings is 1. The van der Waals surface area contributed by atoms with E-state index in [1.165, 1.54) is 0 Å². The van der Waals surface area contributed by atoms with Gasteiger partial charge in [-0.15, -0.1) is 0 Å². The molecule has 148 valence electrons. The maximum Gasteiger partial charge on any atom is 0.225 e. The summed E-state index contributed by atoms with van der Waals surface area (Å²) >= 11 is 0. The standard InChI is InChI=1S/C19H24N6O2S/c26-28(27,11-8-14-4-2-1-3-5-14)18(15-6-9-20-10-7-15)25-19-21-12-16-17(24-19)23-13-22-16/h1-5,12-13,15,18,20H,6-11H2,(H2,21,22,23,24,25). The highest BCUT2D eigenvalue weighted by Gasteiger charge is 2.34. The van der Waals surface area contributed by atoms with Gasteiger partial charge in [0.05, 0.1) is 18.3 Å². The second-order valence-corrected chi connectivity index (χ2v) is 9.33. The lowest BCUT2D eigenvalue weighted by Crippen LogP contribution is -2.44. The number of anilines is 1. The molecule has 0 radical (unpaired) electrons. The molecule has 3 N–H and O–H groups in total. The second-order valence-electron chi connectivity index (χ2n) is 7.08. The first-order valence-corrected chi connectivity index (χ1v) is 11.2. The van der Waals surface area contributed by atoms with E-state index in [1.807, 2.05) is 30.3 Å². The number of nitrogens with zero attached hydrogens (tertiary/aromatic N) is 3. The Morgan fingerprint density at radius 1 is 1.14 bits per heavy atom. The van der Waals surface area contributed by atoms with Gasteiger partial charge in [0, 0.05) is 0 Å². The minimum Gasteiger partial charge on any atom is -0.337 e. The molecule has 1 aliphatic rings. The smallest absolute Gasteiger partial charge is 0.225 e. The summed E-state index contributed by atoms with van der Waals surface area (Å²) in [6.45, 7) is 1.63. The summed E-state index contributed by atoms with van der Waals surface area (Å²) in [4.78, 5) is 15.7. The van der Waals surface area contributed by atoms with Crippen LogP contribution in [-0.4, -0.2) is 52.6 Å². The average Bonchev–Trinajstić information content (AvgIpc) is 3.20. The molecule has 0 aliphatic carbocycles. The van der Waals surface area contributed by atoms with Crippen molar-refractivity contribution in [3.05, 3.63) is 48.4 Å². The molecule has 4 rings (SSSR count). The molecule has 0 saturated carbocycles. The molecule has 8 nitrogen and oxygen atoms in total. The largest absolute Gasteiger partial charge is 0.337 e. The molecule has 0 amide bonds. The third kappa shape index (κ3) is 4.31. The van der Waals surface area contributed by atoms with Crippen LogP contribution in [0.1, 0.15) is 18.4 Å². The maximum absolute atomic E-state index is 13.3. The molecule has 1 fully saturated rings. The van der Waals surface area contributed by atoms with Crippen molar-refractivity contribution in [2.45, 2.75) is 24.6 Å². The number of aromatic nitrogens is 4. The number of aromatic amines is 1. The third-order valence-corrected chi connectivity index (χ3v) is 7.21. The van der Waals surface area contributed by atoms with Crippen molar-refractivity contribution in [2.24, 2.45) is 5.92 Å². The van der Waals surface area contributed by atoms with E-state index in [1.54, 1.807) is 12.5 Å². The SMILES string of the molecule is O=S(=O)(CCc1ccccc1)C(Nc1ncc2nc[nH]c2n1)C1CCNCC1. The summed E-state index contributed by atoms with van der Waals surface area (Å²) in [6, 6.07) is 9.70. The molecule has 2 aromatic heterocycles. The number of H-pyrrole nitrogens is 1. The average molecular weight is 401 g/mol. The maximum atomic E-state index is 13.3. The zero-order chi connectivity index (χ0) is 19.4. The lowest BCUT2D eigenvalue weighted by Gasteiger charge is -2.31. The van der Waals surface area contributed by atoms with Crippen molar-refractivity contribution >= 4 is 26.9 Å². The zero-order valence-electron chi connectivity index (χ0n) is 15.5. The molecule has 1 aromatic carbocycles. The predicted molar refractivity (Wildman–Crippen MR) is 109 cm³/mol. The Morgan fingerprint density at radius 3 is 2.71 bits per heavy atom. The first kappa shape index (κ1) is 18.8. The lowest BCUT2D eigenvalue weighted by atomic mass is 9.98. The Balaban J connectivity index is 1.56. The van der Waals surface area contributed by atoms with Crippen LogP contribution in [0.2, 0.25) is 0 Å². The fraction of sp³-hybridized carbons (Fsp3) is 0.421. The van der Waals surface area contributed by atoms with Crippen LogP contribution >= 0.6 is 0 Å². The van der Waals surface area contributed by atoms with Crippen molar-refractivity contribution < 1.29 is 8.42 Å². The zero-order valence-corrected chi connectivity index (χ0v) is 16.3. The van der Waals surface area contributed by atoms with Crippen LogP contribution in [0.3, 0.4) is 0 Å². The topological polar surface area (TPSA) is 113 Å². The first-order valence-electron chi connectivity index (χ1n) is 9.51. The van der Waals surface area contributed by atoms with Gasteiger partial charge in [0.15, 0.2) is 15.5 Å². The monoisotopic (exact) mass is 400 g/mol. The highest BCUT2D eigenvalue weighted by Crippen LogP contribution is 2.24. The van der Waals surface area contributed by atoms with Crippen LogP contribution in [-0.2, 0) is 16.3 Å². The summed E-state index contributed by atoms with van der Waals surface area (Å²) in [5.41, 5.74) is 2.25. The molecular formula is C19H24N6O2S. The number of hydrogen-bond acceptors (Lipinski definition) is 7. The van der Waals surface area contributed by atoms with E-state index < -0.39 is 15.2 Å². The minimum absolute atomic E-state index is 0.0167. The molecule has 9 heteroatoms. The molecule has 1 atom stereocenters. The lowest BCUT2D eigenvalue weighted by molar-refractivity contribution is 0.366. The summed E-state index contributed by atoms with van der Waals surface area (Å²) in [7, 11) is -3.40. The molecule has 1 unspecified atom stereocenters. The Kier molecular flexibility index (Phi) is 5.54. The van der Waals surface area contributed by atoms with Crippen molar-refractivity contribution in [1.82, 2.24) is 25.3 Å². The molecule has 28 heavy (non-hydrogen) atoms. The van der Waals surface area contributed by atoms with E-state index in [0.717, 1.165) is 31.5 Å². The first-order chi connectivity index (χ1) is 13.6. The summed E-state index contributed by atoms with van der Waals surface area (Å²) in [6.07, 6.45) is 5.23. The number of piperidine rings is 1. The molecule has 0 spiro atoms. The molecular weight excluding hydrogens is 376 g/mol. The highest BCUT2D eigenvalue weighted by molar-refractivity contribution is 7.92.